The number of methoxy groups -OCH3 is 1. The molecule has 0 aromatic heterocycles. The van der Waals surface area contributed by atoms with E-state index in [1.807, 2.05) is 0 Å². The summed E-state index contributed by atoms with van der Waals surface area (Å²) in [6.45, 7) is 4.43. The molecule has 0 saturated heterocycles. The maximum Gasteiger partial charge on any atom is 0.436 e. The topological polar surface area (TPSA) is 57.1 Å². The van der Waals surface area contributed by atoms with Gasteiger partial charge < -0.3 is 14.2 Å². The number of ether oxygens (including phenoxy) is 3. The van der Waals surface area contributed by atoms with Crippen molar-refractivity contribution in [3.05, 3.63) is 0 Å². The van der Waals surface area contributed by atoms with E-state index in [1.165, 1.54) is 7.11 Å². The number of carbonyl (C=O) groups excluding carboxylic acids is 1. The summed E-state index contributed by atoms with van der Waals surface area (Å²) in [7, 11) is 1.50. The Bertz CT molecular complexity index is 171. The molecule has 1 amide bonds. The first kappa shape index (κ1) is 11.9. The van der Waals surface area contributed by atoms with E-state index in [1.54, 1.807) is 13.8 Å². The third-order valence-electron chi connectivity index (χ3n) is 1.06. The van der Waals surface area contributed by atoms with E-state index < -0.39 is 6.09 Å². The third-order valence-corrected chi connectivity index (χ3v) is 1.06. The molecule has 0 unspecified atom stereocenters. The first-order valence-corrected chi connectivity index (χ1v) is 4.10. The average molecular weight is 189 g/mol. The Labute approximate surface area is 77.7 Å². The van der Waals surface area contributed by atoms with Crippen molar-refractivity contribution in [1.29, 1.82) is 0 Å². The molecule has 76 valence electrons. The van der Waals surface area contributed by atoms with Gasteiger partial charge in [-0.05, 0) is 13.8 Å². The van der Waals surface area contributed by atoms with Crippen molar-refractivity contribution >= 4 is 12.0 Å². The van der Waals surface area contributed by atoms with Crippen LogP contribution in [0.25, 0.3) is 0 Å². The molecule has 0 rings (SSSR count). The van der Waals surface area contributed by atoms with Gasteiger partial charge in [-0.3, -0.25) is 0 Å². The molecule has 0 aliphatic rings. The monoisotopic (exact) mass is 189 g/mol. The molecule has 5 nitrogen and oxygen atoms in total. The van der Waals surface area contributed by atoms with E-state index in [0.717, 1.165) is 0 Å². The van der Waals surface area contributed by atoms with Gasteiger partial charge in [0.2, 0.25) is 5.90 Å². The molecule has 0 aliphatic heterocycles. The van der Waals surface area contributed by atoms with Crippen LogP contribution in [0.5, 0.6) is 0 Å². The van der Waals surface area contributed by atoms with Crippen LogP contribution in [0.4, 0.5) is 4.79 Å². The van der Waals surface area contributed by atoms with Crippen LogP contribution in [0.3, 0.4) is 0 Å². The average Bonchev–Trinajstić information content (AvgIpc) is 2.05. The van der Waals surface area contributed by atoms with Gasteiger partial charge in [-0.1, -0.05) is 0 Å². The summed E-state index contributed by atoms with van der Waals surface area (Å²) in [6.07, 6.45) is -0.650. The van der Waals surface area contributed by atoms with Gasteiger partial charge in [-0.25, -0.2) is 4.79 Å². The van der Waals surface area contributed by atoms with Crippen molar-refractivity contribution in [3.8, 4) is 0 Å². The summed E-state index contributed by atoms with van der Waals surface area (Å²) in [5.41, 5.74) is 0. The predicted molar refractivity (Wildman–Crippen MR) is 48.0 cm³/mol. The van der Waals surface area contributed by atoms with E-state index in [4.69, 9.17) is 9.47 Å². The van der Waals surface area contributed by atoms with E-state index >= 15 is 0 Å². The lowest BCUT2D eigenvalue weighted by Gasteiger charge is -2.04. The zero-order valence-electron chi connectivity index (χ0n) is 8.20. The van der Waals surface area contributed by atoms with Crippen LogP contribution in [0, 0.1) is 0 Å². The quantitative estimate of drug-likeness (QED) is 0.493. The smallest absolute Gasteiger partial charge is 0.436 e. The highest BCUT2D eigenvalue weighted by Gasteiger charge is 2.04. The number of amides is 1. The summed E-state index contributed by atoms with van der Waals surface area (Å²) in [5.74, 6) is 0.239. The van der Waals surface area contributed by atoms with Crippen molar-refractivity contribution in [2.75, 3.05) is 26.9 Å². The van der Waals surface area contributed by atoms with Crippen LogP contribution < -0.4 is 0 Å². The second-order valence-corrected chi connectivity index (χ2v) is 2.07. The zero-order chi connectivity index (χ0) is 10.1. The van der Waals surface area contributed by atoms with Crippen LogP contribution in [0.1, 0.15) is 13.8 Å². The molecular formula is C8H15NO4. The molecule has 0 aromatic carbocycles. The van der Waals surface area contributed by atoms with Crippen molar-refractivity contribution < 1.29 is 19.0 Å². The van der Waals surface area contributed by atoms with Crippen LogP contribution in [0.15, 0.2) is 4.99 Å². The van der Waals surface area contributed by atoms with E-state index in [9.17, 15) is 4.79 Å². The zero-order valence-corrected chi connectivity index (χ0v) is 8.20. The molecule has 0 heterocycles. The minimum absolute atomic E-state index is 0.173. The van der Waals surface area contributed by atoms with Gasteiger partial charge in [0.15, 0.2) is 0 Å². The van der Waals surface area contributed by atoms with E-state index in [2.05, 4.69) is 9.73 Å². The Morgan fingerprint density at radius 2 is 1.85 bits per heavy atom. The molecule has 5 heteroatoms. The number of rotatable bonds is 4. The van der Waals surface area contributed by atoms with Crippen LogP contribution in [0.2, 0.25) is 0 Å². The molecule has 0 aromatic rings. The molecule has 0 aliphatic carbocycles. The third kappa shape index (κ3) is 6.10. The fourth-order valence-corrected chi connectivity index (χ4v) is 0.654. The molecular weight excluding hydrogens is 174 g/mol. The minimum atomic E-state index is -0.650. The number of aliphatic imine (C=N–C) groups is 1. The van der Waals surface area contributed by atoms with Crippen molar-refractivity contribution in [2.24, 2.45) is 4.99 Å². The maximum atomic E-state index is 10.9. The van der Waals surface area contributed by atoms with Crippen molar-refractivity contribution in [3.63, 3.8) is 0 Å². The Kier molecular flexibility index (Phi) is 6.91. The van der Waals surface area contributed by atoms with Gasteiger partial charge in [0.05, 0.1) is 13.2 Å². The lowest BCUT2D eigenvalue weighted by molar-refractivity contribution is 0.160. The maximum absolute atomic E-state index is 10.9. The summed E-state index contributed by atoms with van der Waals surface area (Å²) in [4.78, 5) is 14.4. The highest BCUT2D eigenvalue weighted by molar-refractivity contribution is 5.88. The highest BCUT2D eigenvalue weighted by atomic mass is 16.6. The van der Waals surface area contributed by atoms with Crippen molar-refractivity contribution in [1.82, 2.24) is 0 Å². The number of carbonyl (C=O) groups is 1. The fourth-order valence-electron chi connectivity index (χ4n) is 0.654. The summed E-state index contributed by atoms with van der Waals surface area (Å²) in [5, 5.41) is 0. The predicted octanol–water partition coefficient (Wildman–Crippen LogP) is 1.22. The summed E-state index contributed by atoms with van der Waals surface area (Å²) in [6, 6.07) is 0. The van der Waals surface area contributed by atoms with E-state index in [-0.39, 0.29) is 12.5 Å². The minimum Gasteiger partial charge on any atom is -0.479 e. The Hall–Kier alpha value is -1.10. The second-order valence-electron chi connectivity index (χ2n) is 2.07. The Balaban J connectivity index is 4.07. The van der Waals surface area contributed by atoms with Crippen LogP contribution >= 0.6 is 0 Å². The Morgan fingerprint density at radius 3 is 2.31 bits per heavy atom. The van der Waals surface area contributed by atoms with Gasteiger partial charge in [-0.2, -0.15) is 0 Å². The molecule has 0 atom stereocenters. The fraction of sp³-hybridized carbons (Fsp3) is 0.750. The normalized spacial score (nSPS) is 11.2. The molecule has 0 N–H and O–H groups in total. The molecule has 0 radical (unpaired) electrons. The SMILES string of the molecule is CCOC(=O)N=C(COC)OCC. The molecule has 0 bridgehead atoms. The van der Waals surface area contributed by atoms with Crippen molar-refractivity contribution in [2.45, 2.75) is 13.8 Å². The van der Waals surface area contributed by atoms with Gasteiger partial charge >= 0.3 is 6.09 Å². The van der Waals surface area contributed by atoms with Gasteiger partial charge in [-0.15, -0.1) is 4.99 Å². The lowest BCUT2D eigenvalue weighted by Crippen LogP contribution is -2.14. The first-order valence-electron chi connectivity index (χ1n) is 4.10. The standard InChI is InChI=1S/C8H15NO4/c1-4-12-7(6-11-3)9-8(10)13-5-2/h4-6H2,1-3H3. The first-order chi connectivity index (χ1) is 6.24. The van der Waals surface area contributed by atoms with Crippen LogP contribution in [-0.4, -0.2) is 38.9 Å². The molecule has 0 spiro atoms. The number of hydrogen-bond donors (Lipinski definition) is 0. The largest absolute Gasteiger partial charge is 0.479 e. The lowest BCUT2D eigenvalue weighted by atomic mass is 10.7. The number of nitrogens with zero attached hydrogens (tertiary/aromatic N) is 1. The van der Waals surface area contributed by atoms with Gasteiger partial charge in [0.25, 0.3) is 0 Å². The van der Waals surface area contributed by atoms with Gasteiger partial charge in [0.1, 0.15) is 6.61 Å². The van der Waals surface area contributed by atoms with Crippen LogP contribution in [-0.2, 0) is 14.2 Å². The molecule has 0 fully saturated rings. The van der Waals surface area contributed by atoms with Gasteiger partial charge in [0, 0.05) is 7.11 Å². The Morgan fingerprint density at radius 1 is 1.23 bits per heavy atom. The number of hydrogen-bond acceptors (Lipinski definition) is 4. The summed E-state index contributed by atoms with van der Waals surface area (Å²) < 4.78 is 14.4. The summed E-state index contributed by atoms with van der Waals surface area (Å²) >= 11 is 0. The molecule has 0 saturated carbocycles. The highest BCUT2D eigenvalue weighted by Crippen LogP contribution is 1.89. The molecule has 13 heavy (non-hydrogen) atoms. The van der Waals surface area contributed by atoms with E-state index in [0.29, 0.717) is 13.2 Å². The second kappa shape index (κ2) is 7.54.